The first kappa shape index (κ1) is 17.0. The number of alkyl carbamates (subject to hydrolysis) is 1. The fourth-order valence-electron chi connectivity index (χ4n) is 1.94. The van der Waals surface area contributed by atoms with E-state index in [9.17, 15) is 18.0 Å². The molecule has 0 atom stereocenters. The number of amides is 1. The summed E-state index contributed by atoms with van der Waals surface area (Å²) in [5, 5.41) is 9.16. The van der Waals surface area contributed by atoms with Crippen molar-refractivity contribution in [1.82, 2.24) is 20.5 Å². The van der Waals surface area contributed by atoms with Gasteiger partial charge in [0.25, 0.3) is 0 Å². The Morgan fingerprint density at radius 1 is 1.35 bits per heavy atom. The maximum Gasteiger partial charge on any atom is 0.433 e. The molecule has 0 aliphatic heterocycles. The molecule has 0 spiro atoms. The number of hydrogen-bond donors (Lipinski definition) is 2. The van der Waals surface area contributed by atoms with Gasteiger partial charge in [-0.25, -0.2) is 9.78 Å². The smallest absolute Gasteiger partial charge is 0.433 e. The van der Waals surface area contributed by atoms with E-state index >= 15 is 0 Å². The normalized spacial score (nSPS) is 12.4. The summed E-state index contributed by atoms with van der Waals surface area (Å²) in [4.78, 5) is 15.2. The Hall–Kier alpha value is -2.32. The zero-order valence-electron chi connectivity index (χ0n) is 12.9. The number of carbonyl (C=O) groups is 1. The molecule has 126 valence electrons. The van der Waals surface area contributed by atoms with Gasteiger partial charge in [-0.3, -0.25) is 5.10 Å². The summed E-state index contributed by atoms with van der Waals surface area (Å²) in [5.41, 5.74) is -1.03. The zero-order valence-corrected chi connectivity index (χ0v) is 12.9. The highest BCUT2D eigenvalue weighted by Gasteiger charge is 2.33. The summed E-state index contributed by atoms with van der Waals surface area (Å²) in [6.07, 6.45) is -3.76. The average Bonchev–Trinajstić information content (AvgIpc) is 2.83. The predicted molar refractivity (Wildman–Crippen MR) is 76.8 cm³/mol. The molecule has 0 fully saturated rings. The van der Waals surface area contributed by atoms with Crippen LogP contribution in [0.2, 0.25) is 0 Å². The van der Waals surface area contributed by atoms with Crippen molar-refractivity contribution < 1.29 is 22.7 Å². The van der Waals surface area contributed by atoms with Crippen molar-refractivity contribution in [2.75, 3.05) is 6.54 Å². The van der Waals surface area contributed by atoms with E-state index in [-0.39, 0.29) is 18.7 Å². The summed E-state index contributed by atoms with van der Waals surface area (Å²) >= 11 is 0. The third-order valence-electron chi connectivity index (χ3n) is 2.83. The Balaban J connectivity index is 2.10. The zero-order chi connectivity index (χ0) is 17.3. The number of hydrogen-bond acceptors (Lipinski definition) is 4. The van der Waals surface area contributed by atoms with Crippen molar-refractivity contribution in [3.05, 3.63) is 23.7 Å². The largest absolute Gasteiger partial charge is 0.444 e. The molecule has 0 aliphatic carbocycles. The summed E-state index contributed by atoms with van der Waals surface area (Å²) in [5.74, 6) is 0. The fraction of sp³-hybridized carbons (Fsp3) is 0.500. The Labute approximate surface area is 130 Å². The molecule has 2 aromatic heterocycles. The van der Waals surface area contributed by atoms with Crippen LogP contribution in [0.25, 0.3) is 10.9 Å². The van der Waals surface area contributed by atoms with Crippen molar-refractivity contribution >= 4 is 17.0 Å². The van der Waals surface area contributed by atoms with Gasteiger partial charge in [-0.1, -0.05) is 0 Å². The molecule has 6 nitrogen and oxygen atoms in total. The van der Waals surface area contributed by atoms with Crippen LogP contribution >= 0.6 is 0 Å². The van der Waals surface area contributed by atoms with Crippen LogP contribution in [0.4, 0.5) is 18.0 Å². The highest BCUT2D eigenvalue weighted by atomic mass is 19.4. The minimum absolute atomic E-state index is 0.0946. The van der Waals surface area contributed by atoms with E-state index in [4.69, 9.17) is 4.74 Å². The second kappa shape index (κ2) is 6.05. The average molecular weight is 330 g/mol. The minimum atomic E-state index is -4.54. The van der Waals surface area contributed by atoms with Crippen LogP contribution in [-0.2, 0) is 17.3 Å². The molecule has 2 heterocycles. The van der Waals surface area contributed by atoms with Gasteiger partial charge >= 0.3 is 12.3 Å². The fourth-order valence-corrected chi connectivity index (χ4v) is 1.94. The van der Waals surface area contributed by atoms with Crippen molar-refractivity contribution in [3.8, 4) is 0 Å². The highest BCUT2D eigenvalue weighted by molar-refractivity contribution is 5.80. The number of carbonyl (C=O) groups excluding carboxylic acids is 1. The minimum Gasteiger partial charge on any atom is -0.444 e. The molecule has 2 rings (SSSR count). The number of pyridine rings is 1. The van der Waals surface area contributed by atoms with E-state index in [1.165, 1.54) is 6.20 Å². The molecule has 2 aromatic rings. The molecule has 0 saturated heterocycles. The lowest BCUT2D eigenvalue weighted by Crippen LogP contribution is -2.33. The van der Waals surface area contributed by atoms with E-state index in [1.807, 2.05) is 0 Å². The van der Waals surface area contributed by atoms with Gasteiger partial charge < -0.3 is 10.1 Å². The number of fused-ring (bicyclic) bond motifs is 1. The highest BCUT2D eigenvalue weighted by Crippen LogP contribution is 2.30. The first-order valence-electron chi connectivity index (χ1n) is 6.93. The maximum absolute atomic E-state index is 12.9. The molecule has 0 radical (unpaired) electrons. The van der Waals surface area contributed by atoms with Gasteiger partial charge in [0.2, 0.25) is 0 Å². The summed E-state index contributed by atoms with van der Waals surface area (Å²) < 4.78 is 43.6. The molecule has 0 aromatic carbocycles. The second-order valence-electron chi connectivity index (χ2n) is 5.96. The van der Waals surface area contributed by atoms with Crippen molar-refractivity contribution in [2.24, 2.45) is 0 Å². The van der Waals surface area contributed by atoms with Crippen molar-refractivity contribution in [1.29, 1.82) is 0 Å². The van der Waals surface area contributed by atoms with Gasteiger partial charge in [0.1, 0.15) is 11.3 Å². The Bertz CT molecular complexity index is 704. The van der Waals surface area contributed by atoms with Crippen molar-refractivity contribution in [3.63, 3.8) is 0 Å². The summed E-state index contributed by atoms with van der Waals surface area (Å²) in [6, 6.07) is 0.934. The van der Waals surface area contributed by atoms with Crippen LogP contribution in [0.15, 0.2) is 12.3 Å². The Morgan fingerprint density at radius 2 is 2.04 bits per heavy atom. The standard InChI is InChI=1S/C14H17F3N4O2/c1-13(2,3)23-12(22)18-5-4-9-11-8(7-19-21-11)6-10(20-9)14(15,16)17/h6-7H,4-5H2,1-3H3,(H,18,22)(H,19,21). The van der Waals surface area contributed by atoms with E-state index in [0.717, 1.165) is 6.07 Å². The van der Waals surface area contributed by atoms with Gasteiger partial charge in [0, 0.05) is 18.4 Å². The molecule has 0 saturated carbocycles. The third-order valence-corrected chi connectivity index (χ3v) is 2.83. The number of nitrogens with zero attached hydrogens (tertiary/aromatic N) is 2. The molecular weight excluding hydrogens is 313 g/mol. The number of alkyl halides is 3. The quantitative estimate of drug-likeness (QED) is 0.906. The number of H-pyrrole nitrogens is 1. The summed E-state index contributed by atoms with van der Waals surface area (Å²) in [6.45, 7) is 5.25. The van der Waals surface area contributed by atoms with E-state index in [0.29, 0.717) is 10.9 Å². The van der Waals surface area contributed by atoms with Gasteiger partial charge in [-0.05, 0) is 26.8 Å². The number of halogens is 3. The van der Waals surface area contributed by atoms with E-state index < -0.39 is 23.6 Å². The molecule has 1 amide bonds. The molecule has 9 heteroatoms. The predicted octanol–water partition coefficient (Wildman–Crippen LogP) is 3.04. The molecule has 0 unspecified atom stereocenters. The SMILES string of the molecule is CC(C)(C)OC(=O)NCCc1nc(C(F)(F)F)cc2cn[nH]c12. The number of aromatic amines is 1. The van der Waals surface area contributed by atoms with Crippen molar-refractivity contribution in [2.45, 2.75) is 39.0 Å². The Kier molecular flexibility index (Phi) is 4.49. The first-order chi connectivity index (χ1) is 10.6. The number of ether oxygens (including phenoxy) is 1. The third kappa shape index (κ3) is 4.57. The van der Waals surface area contributed by atoms with Crippen LogP contribution in [0.1, 0.15) is 32.2 Å². The number of aromatic nitrogens is 3. The number of rotatable bonds is 3. The lowest BCUT2D eigenvalue weighted by molar-refractivity contribution is -0.141. The molecule has 0 aliphatic rings. The maximum atomic E-state index is 12.9. The lowest BCUT2D eigenvalue weighted by atomic mass is 10.1. The molecule has 23 heavy (non-hydrogen) atoms. The van der Waals surface area contributed by atoms with Gasteiger partial charge in [0.05, 0.1) is 17.4 Å². The Morgan fingerprint density at radius 3 is 2.65 bits per heavy atom. The van der Waals surface area contributed by atoms with E-state index in [1.54, 1.807) is 20.8 Å². The first-order valence-corrected chi connectivity index (χ1v) is 6.93. The second-order valence-corrected chi connectivity index (χ2v) is 5.96. The molecule has 2 N–H and O–H groups in total. The van der Waals surface area contributed by atoms with Crippen LogP contribution in [0, 0.1) is 0 Å². The van der Waals surface area contributed by atoms with Crippen LogP contribution in [0.5, 0.6) is 0 Å². The number of nitrogens with one attached hydrogen (secondary N) is 2. The van der Waals surface area contributed by atoms with Crippen LogP contribution in [0.3, 0.4) is 0 Å². The lowest BCUT2D eigenvalue weighted by Gasteiger charge is -2.19. The van der Waals surface area contributed by atoms with Crippen LogP contribution in [-0.4, -0.2) is 33.4 Å². The monoisotopic (exact) mass is 330 g/mol. The van der Waals surface area contributed by atoms with Gasteiger partial charge in [0.15, 0.2) is 0 Å². The van der Waals surface area contributed by atoms with Gasteiger partial charge in [-0.15, -0.1) is 0 Å². The van der Waals surface area contributed by atoms with Gasteiger partial charge in [-0.2, -0.15) is 18.3 Å². The topological polar surface area (TPSA) is 79.9 Å². The van der Waals surface area contributed by atoms with Crippen LogP contribution < -0.4 is 5.32 Å². The van der Waals surface area contributed by atoms with E-state index in [2.05, 4.69) is 20.5 Å². The summed E-state index contributed by atoms with van der Waals surface area (Å²) in [7, 11) is 0. The molecular formula is C14H17F3N4O2. The molecule has 0 bridgehead atoms.